The van der Waals surface area contributed by atoms with Crippen LogP contribution >= 0.6 is 0 Å². The van der Waals surface area contributed by atoms with Crippen molar-refractivity contribution in [2.24, 2.45) is 4.99 Å². The van der Waals surface area contributed by atoms with Crippen LogP contribution in [0.1, 0.15) is 55.1 Å². The molecule has 0 bridgehead atoms. The van der Waals surface area contributed by atoms with Gasteiger partial charge in [0.2, 0.25) is 11.9 Å². The summed E-state index contributed by atoms with van der Waals surface area (Å²) < 4.78 is 43.1. The van der Waals surface area contributed by atoms with E-state index >= 15 is 0 Å². The summed E-state index contributed by atoms with van der Waals surface area (Å²) in [5, 5.41) is 4.64. The van der Waals surface area contributed by atoms with E-state index in [-0.39, 0.29) is 48.9 Å². The Kier molecular flexibility index (Phi) is 8.01. The number of hydrogen-bond acceptors (Lipinski definition) is 11. The van der Waals surface area contributed by atoms with Gasteiger partial charge < -0.3 is 14.8 Å². The molecule has 0 saturated heterocycles. The maximum absolute atomic E-state index is 13.1. The van der Waals surface area contributed by atoms with E-state index in [1.54, 1.807) is 13.8 Å². The second-order valence-electron chi connectivity index (χ2n) is 7.67. The minimum absolute atomic E-state index is 0.00429. The smallest absolute Gasteiger partial charge is 0.328 e. The number of carbonyl (C=O) groups excluding carboxylic acids is 4. The van der Waals surface area contributed by atoms with Gasteiger partial charge in [-0.1, -0.05) is 0 Å². The molecule has 1 aromatic carbocycles. The van der Waals surface area contributed by atoms with Crippen molar-refractivity contribution in [3.8, 4) is 0 Å². The lowest BCUT2D eigenvalue weighted by molar-refractivity contribution is -0.146. The number of aromatic amines is 1. The van der Waals surface area contributed by atoms with E-state index in [9.17, 15) is 24.0 Å². The second-order valence-corrected chi connectivity index (χ2v) is 7.67. The molecule has 1 atom stereocenters. The number of esters is 2. The number of carbonyl (C=O) groups is 4. The Morgan fingerprint density at radius 1 is 1.13 bits per heavy atom. The van der Waals surface area contributed by atoms with Crippen LogP contribution in [-0.2, 0) is 23.9 Å². The molecule has 14 nitrogen and oxygen atoms in total. The van der Waals surface area contributed by atoms with Gasteiger partial charge in [0.1, 0.15) is 11.7 Å². The molecule has 0 spiro atoms. The number of amides is 2. The van der Waals surface area contributed by atoms with Crippen LogP contribution < -0.4 is 16.2 Å². The van der Waals surface area contributed by atoms with Gasteiger partial charge in [-0.3, -0.25) is 34.5 Å². The molecular formula is C25H27N7O7. The monoisotopic (exact) mass is 541 g/mol. The second kappa shape index (κ2) is 13.5. The molecule has 0 aliphatic rings. The highest BCUT2D eigenvalue weighted by Gasteiger charge is 2.24. The fourth-order valence-electron chi connectivity index (χ4n) is 3.05. The number of nitrogens with one attached hydrogen (secondary N) is 3. The third-order valence-electron chi connectivity index (χ3n) is 4.71. The van der Waals surface area contributed by atoms with Crippen LogP contribution in [0.25, 0.3) is 11.2 Å². The van der Waals surface area contributed by atoms with E-state index in [0.717, 1.165) is 6.21 Å². The predicted molar refractivity (Wildman–Crippen MR) is 140 cm³/mol. The van der Waals surface area contributed by atoms with Crippen LogP contribution in [0.15, 0.2) is 40.2 Å². The van der Waals surface area contributed by atoms with Crippen molar-refractivity contribution >= 4 is 52.8 Å². The number of benzene rings is 1. The molecule has 3 rings (SSSR count). The molecular weight excluding hydrogens is 510 g/mol. The highest BCUT2D eigenvalue weighted by Crippen LogP contribution is 2.14. The molecule has 0 saturated carbocycles. The first-order valence-corrected chi connectivity index (χ1v) is 11.7. The third-order valence-corrected chi connectivity index (χ3v) is 4.71. The Balaban J connectivity index is 1.91. The average Bonchev–Trinajstić information content (AvgIpc) is 2.94. The van der Waals surface area contributed by atoms with Gasteiger partial charge in [-0.25, -0.2) is 14.8 Å². The van der Waals surface area contributed by atoms with E-state index in [0.29, 0.717) is 0 Å². The number of nitrogens with zero attached hydrogens (tertiary/aromatic N) is 4. The molecule has 39 heavy (non-hydrogen) atoms. The molecule has 2 heterocycles. The van der Waals surface area contributed by atoms with E-state index < -0.39 is 70.8 Å². The maximum atomic E-state index is 13.1. The van der Waals surface area contributed by atoms with Gasteiger partial charge in [-0.15, -0.1) is 0 Å². The number of hydrogen-bond donors (Lipinski definition) is 3. The summed E-state index contributed by atoms with van der Waals surface area (Å²) >= 11 is 0. The number of H-pyrrole nitrogens is 1. The number of anilines is 1. The van der Waals surface area contributed by atoms with Gasteiger partial charge in [0, 0.05) is 18.9 Å². The molecule has 1 unspecified atom stereocenters. The van der Waals surface area contributed by atoms with Crippen LogP contribution in [0.2, 0.25) is 0 Å². The van der Waals surface area contributed by atoms with Crippen molar-refractivity contribution in [2.45, 2.75) is 39.7 Å². The Bertz CT molecular complexity index is 1650. The van der Waals surface area contributed by atoms with Crippen molar-refractivity contribution < 1.29 is 34.1 Å². The van der Waals surface area contributed by atoms with Crippen LogP contribution in [-0.4, -0.2) is 69.2 Å². The Hall–Kier alpha value is -5.01. The van der Waals surface area contributed by atoms with Crippen LogP contribution in [0.3, 0.4) is 0 Å². The van der Waals surface area contributed by atoms with Gasteiger partial charge in [0.05, 0.1) is 36.8 Å². The Labute approximate surface area is 227 Å². The topological polar surface area (TPSA) is 195 Å². The van der Waals surface area contributed by atoms with Crippen molar-refractivity contribution in [3.63, 3.8) is 0 Å². The Morgan fingerprint density at radius 2 is 1.85 bits per heavy atom. The summed E-state index contributed by atoms with van der Waals surface area (Å²) in [7, 11) is 0. The van der Waals surface area contributed by atoms with Crippen molar-refractivity contribution in [2.75, 3.05) is 18.5 Å². The highest BCUT2D eigenvalue weighted by molar-refractivity contribution is 5.97. The molecule has 0 aliphatic heterocycles. The molecule has 0 aliphatic carbocycles. The number of fused-ring (bicyclic) bond motifs is 1. The van der Waals surface area contributed by atoms with E-state index in [1.165, 1.54) is 13.1 Å². The van der Waals surface area contributed by atoms with Gasteiger partial charge in [-0.2, -0.15) is 4.98 Å². The molecule has 2 aromatic heterocycles. The SMILES string of the molecule is [2H]c1c([2H])c(C(=O)NC(CCC(=O)OCC)C(=O)OCC)c([2H])c([2H])c1N=Cc1cnc2nc(NC(C)=O)[nH]c(=O)c2n1. The third kappa shape index (κ3) is 8.24. The normalized spacial score (nSPS) is 13.1. The number of aliphatic imine (C=N–C) groups is 1. The van der Waals surface area contributed by atoms with Gasteiger partial charge in [0.15, 0.2) is 11.2 Å². The van der Waals surface area contributed by atoms with Crippen molar-refractivity contribution in [1.82, 2.24) is 25.3 Å². The highest BCUT2D eigenvalue weighted by atomic mass is 16.5. The molecule has 204 valence electrons. The summed E-state index contributed by atoms with van der Waals surface area (Å²) in [4.78, 5) is 79.2. The number of aromatic nitrogens is 4. The largest absolute Gasteiger partial charge is 0.466 e. The van der Waals surface area contributed by atoms with E-state index in [1.807, 2.05) is 0 Å². The molecule has 3 aromatic rings. The summed E-state index contributed by atoms with van der Waals surface area (Å²) in [6.45, 7) is 4.50. The molecule has 0 fully saturated rings. The van der Waals surface area contributed by atoms with Crippen LogP contribution in [0.5, 0.6) is 0 Å². The zero-order valence-corrected chi connectivity index (χ0v) is 21.2. The fraction of sp³-hybridized carbons (Fsp3) is 0.320. The van der Waals surface area contributed by atoms with Crippen molar-refractivity contribution in [3.05, 3.63) is 52.0 Å². The average molecular weight is 542 g/mol. The minimum Gasteiger partial charge on any atom is -0.466 e. The zero-order valence-electron chi connectivity index (χ0n) is 25.2. The van der Waals surface area contributed by atoms with Gasteiger partial charge in [0.25, 0.3) is 11.5 Å². The van der Waals surface area contributed by atoms with Crippen LogP contribution in [0.4, 0.5) is 11.6 Å². The summed E-state index contributed by atoms with van der Waals surface area (Å²) in [5.41, 5.74) is -2.07. The first-order chi connectivity index (χ1) is 20.4. The molecule has 3 N–H and O–H groups in total. The summed E-state index contributed by atoms with van der Waals surface area (Å²) in [5.74, 6) is -3.14. The molecule has 2 amide bonds. The lowest BCUT2D eigenvalue weighted by Gasteiger charge is -2.17. The zero-order chi connectivity index (χ0) is 31.8. The standard InChI is InChI=1S/C25H27N7O7/c1-4-38-19(34)11-10-18(24(37)39-5-2)30-22(35)15-6-8-16(9-7-15)26-12-17-13-27-21-20(29-17)23(36)32-25(31-21)28-14(3)33/h6-9,12-13,18H,4-5,10-11H2,1-3H3,(H,30,35)(H2,27,28,31,32,33,36)/i6D,7D,8D,9D. The van der Waals surface area contributed by atoms with E-state index in [2.05, 4.69) is 35.6 Å². The number of rotatable bonds is 11. The summed E-state index contributed by atoms with van der Waals surface area (Å²) in [6, 6.07) is -4.15. The lowest BCUT2D eigenvalue weighted by atomic mass is 10.1. The Morgan fingerprint density at radius 3 is 2.51 bits per heavy atom. The van der Waals surface area contributed by atoms with Crippen LogP contribution in [0, 0.1) is 0 Å². The molecule has 0 radical (unpaired) electrons. The van der Waals surface area contributed by atoms with Crippen molar-refractivity contribution in [1.29, 1.82) is 0 Å². The number of ether oxygens (including phenoxy) is 2. The first-order valence-electron chi connectivity index (χ1n) is 13.7. The van der Waals surface area contributed by atoms with Gasteiger partial charge in [-0.05, 0) is 44.4 Å². The first kappa shape index (κ1) is 23.1. The predicted octanol–water partition coefficient (Wildman–Crippen LogP) is 1.43. The maximum Gasteiger partial charge on any atom is 0.328 e. The summed E-state index contributed by atoms with van der Waals surface area (Å²) in [6.07, 6.45) is 1.81. The van der Waals surface area contributed by atoms with Gasteiger partial charge >= 0.3 is 11.9 Å². The lowest BCUT2D eigenvalue weighted by Crippen LogP contribution is -2.42. The molecule has 14 heteroatoms. The minimum atomic E-state index is -1.32. The van der Waals surface area contributed by atoms with E-state index in [4.69, 9.17) is 15.0 Å². The quantitative estimate of drug-likeness (QED) is 0.236. The fourth-order valence-corrected chi connectivity index (χ4v) is 3.05.